The summed E-state index contributed by atoms with van der Waals surface area (Å²) in [5.74, 6) is -0.302. The number of hydrogen-bond donors (Lipinski definition) is 0. The minimum Gasteiger partial charge on any atom is -0.465 e. The van der Waals surface area contributed by atoms with E-state index in [0.29, 0.717) is 13.2 Å². The van der Waals surface area contributed by atoms with Crippen LogP contribution in [0.1, 0.15) is 39.0 Å². The van der Waals surface area contributed by atoms with Gasteiger partial charge in [-0.3, -0.25) is 9.79 Å². The fourth-order valence-corrected chi connectivity index (χ4v) is 1.62. The fraction of sp³-hybridized carbons (Fsp3) is 0.692. The molecule has 1 aliphatic rings. The second kappa shape index (κ2) is 8.08. The van der Waals surface area contributed by atoms with Gasteiger partial charge in [0.2, 0.25) is 0 Å². The van der Waals surface area contributed by atoms with E-state index in [1.54, 1.807) is 12.3 Å². The summed E-state index contributed by atoms with van der Waals surface area (Å²) in [5, 5.41) is 0. The first-order valence-electron chi connectivity index (χ1n) is 6.18. The van der Waals surface area contributed by atoms with Crippen LogP contribution in [-0.2, 0) is 9.53 Å². The van der Waals surface area contributed by atoms with Gasteiger partial charge in [-0.2, -0.15) is 0 Å². The number of hydrogen-bond acceptors (Lipinski definition) is 3. The summed E-state index contributed by atoms with van der Waals surface area (Å²) in [5.41, 5.74) is 0. The highest BCUT2D eigenvalue weighted by atomic mass is 16.5. The summed E-state index contributed by atoms with van der Waals surface area (Å²) in [7, 11) is 0. The Balaban J connectivity index is 2.02. The predicted molar refractivity (Wildman–Crippen MR) is 65.7 cm³/mol. The minimum atomic E-state index is -0.166. The Morgan fingerprint density at radius 2 is 2.19 bits per heavy atom. The predicted octanol–water partition coefficient (Wildman–Crippen LogP) is 2.76. The van der Waals surface area contributed by atoms with E-state index in [9.17, 15) is 4.79 Å². The van der Waals surface area contributed by atoms with Gasteiger partial charge in [-0.05, 0) is 12.5 Å². The van der Waals surface area contributed by atoms with Gasteiger partial charge in [0.05, 0.1) is 19.1 Å². The van der Waals surface area contributed by atoms with Crippen molar-refractivity contribution in [1.82, 2.24) is 0 Å². The molecule has 0 aromatic rings. The molecule has 0 fully saturated rings. The van der Waals surface area contributed by atoms with Crippen molar-refractivity contribution in [1.29, 1.82) is 0 Å². The first kappa shape index (κ1) is 12.9. The van der Waals surface area contributed by atoms with Crippen LogP contribution in [0.4, 0.5) is 0 Å². The number of rotatable bonds is 7. The van der Waals surface area contributed by atoms with Crippen LogP contribution in [0.15, 0.2) is 17.1 Å². The van der Waals surface area contributed by atoms with Crippen LogP contribution < -0.4 is 0 Å². The number of aliphatic imine (C=N–C) groups is 1. The van der Waals surface area contributed by atoms with Crippen molar-refractivity contribution in [2.45, 2.75) is 39.0 Å². The average Bonchev–Trinajstić information content (AvgIpc) is 2.34. The van der Waals surface area contributed by atoms with Gasteiger partial charge in [-0.1, -0.05) is 38.7 Å². The molecular formula is C13H21NO2. The van der Waals surface area contributed by atoms with Crippen LogP contribution in [0, 0.1) is 5.92 Å². The summed E-state index contributed by atoms with van der Waals surface area (Å²) in [6.45, 7) is 3.28. The zero-order chi connectivity index (χ0) is 11.6. The van der Waals surface area contributed by atoms with Crippen molar-refractivity contribution in [3.8, 4) is 0 Å². The quantitative estimate of drug-likeness (QED) is 0.491. The van der Waals surface area contributed by atoms with Gasteiger partial charge in [0.1, 0.15) is 0 Å². The molecule has 0 amide bonds. The summed E-state index contributed by atoms with van der Waals surface area (Å²) in [6.07, 6.45) is 11.3. The molecule has 0 saturated carbocycles. The summed E-state index contributed by atoms with van der Waals surface area (Å²) in [6, 6.07) is 0. The van der Waals surface area contributed by atoms with Gasteiger partial charge < -0.3 is 4.74 Å². The number of allylic oxidation sites excluding steroid dienone is 1. The van der Waals surface area contributed by atoms with E-state index >= 15 is 0 Å². The number of dihydropyridines is 1. The molecule has 0 saturated heterocycles. The van der Waals surface area contributed by atoms with E-state index in [2.05, 4.69) is 11.9 Å². The highest BCUT2D eigenvalue weighted by Crippen LogP contribution is 2.08. The van der Waals surface area contributed by atoms with E-state index < -0.39 is 0 Å². The number of nitrogens with zero attached hydrogens (tertiary/aromatic N) is 1. The van der Waals surface area contributed by atoms with E-state index in [4.69, 9.17) is 4.74 Å². The third kappa shape index (κ3) is 5.10. The molecule has 16 heavy (non-hydrogen) atoms. The molecule has 1 aliphatic heterocycles. The van der Waals surface area contributed by atoms with Crippen LogP contribution in [-0.4, -0.2) is 25.3 Å². The molecule has 1 rings (SSSR count). The van der Waals surface area contributed by atoms with Crippen molar-refractivity contribution in [2.24, 2.45) is 10.9 Å². The van der Waals surface area contributed by atoms with Gasteiger partial charge in [0.25, 0.3) is 0 Å². The largest absolute Gasteiger partial charge is 0.465 e. The van der Waals surface area contributed by atoms with Gasteiger partial charge in [-0.25, -0.2) is 0 Å². The Hall–Kier alpha value is -1.12. The van der Waals surface area contributed by atoms with Gasteiger partial charge in [0, 0.05) is 6.21 Å². The van der Waals surface area contributed by atoms with Gasteiger partial charge in [0.15, 0.2) is 0 Å². The smallest absolute Gasteiger partial charge is 0.314 e. The normalized spacial score (nSPS) is 18.7. The lowest BCUT2D eigenvalue weighted by Crippen LogP contribution is -2.20. The third-order valence-electron chi connectivity index (χ3n) is 2.63. The topological polar surface area (TPSA) is 38.7 Å². The Morgan fingerprint density at radius 1 is 1.38 bits per heavy atom. The Morgan fingerprint density at radius 3 is 2.88 bits per heavy atom. The molecule has 1 unspecified atom stereocenters. The average molecular weight is 223 g/mol. The van der Waals surface area contributed by atoms with Crippen LogP contribution in [0.5, 0.6) is 0 Å². The highest BCUT2D eigenvalue weighted by Gasteiger charge is 2.17. The molecule has 0 aliphatic carbocycles. The molecular weight excluding hydrogens is 202 g/mol. The second-order valence-electron chi connectivity index (χ2n) is 4.09. The summed E-state index contributed by atoms with van der Waals surface area (Å²) < 4.78 is 5.20. The Labute approximate surface area is 97.6 Å². The fourth-order valence-electron chi connectivity index (χ4n) is 1.62. The molecule has 1 atom stereocenters. The summed E-state index contributed by atoms with van der Waals surface area (Å²) >= 11 is 0. The van der Waals surface area contributed by atoms with Crippen molar-refractivity contribution >= 4 is 12.2 Å². The Bertz CT molecular complexity index is 259. The molecule has 3 heteroatoms. The Kier molecular flexibility index (Phi) is 6.54. The lowest BCUT2D eigenvalue weighted by Gasteiger charge is -2.11. The molecule has 0 aromatic heterocycles. The number of ether oxygens (including phenoxy) is 1. The first-order chi connectivity index (χ1) is 7.84. The first-order valence-corrected chi connectivity index (χ1v) is 6.18. The standard InChI is InChI=1S/C13H21NO2/c1-2-3-4-5-6-10-16-13(15)12-8-7-9-14-11-12/h7-9,12H,2-6,10-11H2,1H3. The van der Waals surface area contributed by atoms with Crippen molar-refractivity contribution in [3.05, 3.63) is 12.2 Å². The number of carbonyl (C=O) groups excluding carboxylic acids is 1. The molecule has 0 spiro atoms. The SMILES string of the molecule is CCCCCCCOC(=O)C1C=CC=NC1. The molecule has 0 aromatic carbocycles. The van der Waals surface area contributed by atoms with E-state index in [-0.39, 0.29) is 11.9 Å². The van der Waals surface area contributed by atoms with Crippen molar-refractivity contribution in [2.75, 3.05) is 13.2 Å². The summed E-state index contributed by atoms with van der Waals surface area (Å²) in [4.78, 5) is 15.6. The lowest BCUT2D eigenvalue weighted by molar-refractivity contribution is -0.146. The van der Waals surface area contributed by atoms with E-state index in [0.717, 1.165) is 12.8 Å². The maximum atomic E-state index is 11.5. The van der Waals surface area contributed by atoms with Crippen LogP contribution in [0.2, 0.25) is 0 Å². The van der Waals surface area contributed by atoms with Crippen molar-refractivity contribution in [3.63, 3.8) is 0 Å². The number of esters is 1. The molecule has 0 radical (unpaired) electrons. The second-order valence-corrected chi connectivity index (χ2v) is 4.09. The molecule has 0 N–H and O–H groups in total. The number of carbonyl (C=O) groups is 1. The van der Waals surface area contributed by atoms with E-state index in [1.165, 1.54) is 19.3 Å². The lowest BCUT2D eigenvalue weighted by atomic mass is 10.1. The van der Waals surface area contributed by atoms with Gasteiger partial charge >= 0.3 is 5.97 Å². The maximum absolute atomic E-state index is 11.5. The van der Waals surface area contributed by atoms with Crippen LogP contribution in [0.25, 0.3) is 0 Å². The zero-order valence-electron chi connectivity index (χ0n) is 10.0. The van der Waals surface area contributed by atoms with Crippen LogP contribution in [0.3, 0.4) is 0 Å². The highest BCUT2D eigenvalue weighted by molar-refractivity contribution is 5.80. The molecule has 90 valence electrons. The zero-order valence-corrected chi connectivity index (χ0v) is 10.0. The molecule has 0 bridgehead atoms. The maximum Gasteiger partial charge on any atom is 0.314 e. The van der Waals surface area contributed by atoms with Crippen LogP contribution >= 0.6 is 0 Å². The monoisotopic (exact) mass is 223 g/mol. The molecule has 1 heterocycles. The van der Waals surface area contributed by atoms with E-state index in [1.807, 2.05) is 6.08 Å². The molecule has 3 nitrogen and oxygen atoms in total. The number of unbranched alkanes of at least 4 members (excludes halogenated alkanes) is 4. The van der Waals surface area contributed by atoms with Gasteiger partial charge in [-0.15, -0.1) is 0 Å². The van der Waals surface area contributed by atoms with Crippen molar-refractivity contribution < 1.29 is 9.53 Å². The minimum absolute atomic E-state index is 0.136. The third-order valence-corrected chi connectivity index (χ3v) is 2.63.